The van der Waals surface area contributed by atoms with Crippen molar-refractivity contribution >= 4 is 27.5 Å². The highest BCUT2D eigenvalue weighted by Crippen LogP contribution is 2.38. The Morgan fingerprint density at radius 3 is 2.39 bits per heavy atom. The van der Waals surface area contributed by atoms with Crippen LogP contribution >= 0.6 is 0 Å². The first-order valence-corrected chi connectivity index (χ1v) is 12.8. The van der Waals surface area contributed by atoms with Crippen LogP contribution in [0.5, 0.6) is 0 Å². The van der Waals surface area contributed by atoms with E-state index in [9.17, 15) is 13.8 Å². The number of nitrogens with one attached hydrogen (secondary N) is 2. The molecule has 2 aromatic carbocycles. The summed E-state index contributed by atoms with van der Waals surface area (Å²) >= 11 is 0. The molecule has 1 heterocycles. The van der Waals surface area contributed by atoms with Gasteiger partial charge in [-0.25, -0.2) is 9.00 Å². The third-order valence-electron chi connectivity index (χ3n) is 6.63. The summed E-state index contributed by atoms with van der Waals surface area (Å²) in [6.07, 6.45) is 7.21. The van der Waals surface area contributed by atoms with E-state index in [4.69, 9.17) is 0 Å². The first kappa shape index (κ1) is 20.2. The van der Waals surface area contributed by atoms with Crippen LogP contribution in [0.3, 0.4) is 0 Å². The van der Waals surface area contributed by atoms with Crippen molar-refractivity contribution in [1.82, 2.24) is 4.72 Å². The van der Waals surface area contributed by atoms with E-state index in [0.29, 0.717) is 12.8 Å². The van der Waals surface area contributed by atoms with E-state index in [1.54, 1.807) is 0 Å². The largest absolute Gasteiger partial charge is 0.354 e. The Hall–Kier alpha value is -2.67. The number of rotatable bonds is 3. The van der Waals surface area contributed by atoms with Crippen LogP contribution in [0.4, 0.5) is 10.5 Å². The number of hydrogen-bond acceptors (Lipinski definition) is 3. The van der Waals surface area contributed by atoms with Gasteiger partial charge in [0.2, 0.25) is 5.91 Å². The fraction of sp³-hybridized carbons (Fsp3) is 0.417. The first-order valence-electron chi connectivity index (χ1n) is 11.1. The highest BCUT2D eigenvalue weighted by Gasteiger charge is 2.31. The van der Waals surface area contributed by atoms with Crippen LogP contribution in [0.15, 0.2) is 40.8 Å². The zero-order chi connectivity index (χ0) is 21.4. The fourth-order valence-electron chi connectivity index (χ4n) is 5.12. The van der Waals surface area contributed by atoms with Gasteiger partial charge in [0, 0.05) is 11.6 Å². The van der Waals surface area contributed by atoms with Crippen LogP contribution in [0.2, 0.25) is 0 Å². The average Bonchev–Trinajstić information content (AvgIpc) is 3.40. The Bertz CT molecular complexity index is 1130. The topological polar surface area (TPSA) is 87.6 Å². The Morgan fingerprint density at radius 2 is 1.74 bits per heavy atom. The Kier molecular flexibility index (Phi) is 5.30. The molecule has 0 aromatic heterocycles. The van der Waals surface area contributed by atoms with Gasteiger partial charge in [0.05, 0.1) is 5.75 Å². The van der Waals surface area contributed by atoms with Crippen molar-refractivity contribution in [3.05, 3.63) is 64.2 Å². The third kappa shape index (κ3) is 4.11. The molecule has 1 fully saturated rings. The lowest BCUT2D eigenvalue weighted by Crippen LogP contribution is -2.44. The SMILES string of the molecule is O=C(N=S1(=O)CCC(Cc2ccccc2)C(=O)N1)Nc1c2c(cc3c1CCC3)CCC2. The first-order chi connectivity index (χ1) is 15.0. The van der Waals surface area contributed by atoms with Gasteiger partial charge in [-0.2, -0.15) is 0 Å². The number of carbonyl (C=O) groups is 2. The molecule has 5 rings (SSSR count). The number of nitrogens with zero attached hydrogens (tertiary/aromatic N) is 1. The third-order valence-corrected chi connectivity index (χ3v) is 8.40. The van der Waals surface area contributed by atoms with Crippen molar-refractivity contribution in [3.8, 4) is 0 Å². The van der Waals surface area contributed by atoms with Gasteiger partial charge < -0.3 is 5.32 Å². The maximum atomic E-state index is 13.1. The molecule has 7 heteroatoms. The van der Waals surface area contributed by atoms with Gasteiger partial charge in [0.25, 0.3) is 0 Å². The summed E-state index contributed by atoms with van der Waals surface area (Å²) in [7, 11) is -3.10. The molecule has 1 saturated heterocycles. The summed E-state index contributed by atoms with van der Waals surface area (Å²) in [5, 5.41) is 2.94. The summed E-state index contributed by atoms with van der Waals surface area (Å²) in [6, 6.07) is 11.5. The van der Waals surface area contributed by atoms with E-state index in [2.05, 4.69) is 20.5 Å². The van der Waals surface area contributed by atoms with E-state index >= 15 is 0 Å². The lowest BCUT2D eigenvalue weighted by molar-refractivity contribution is -0.123. The van der Waals surface area contributed by atoms with Gasteiger partial charge >= 0.3 is 6.03 Å². The van der Waals surface area contributed by atoms with Crippen molar-refractivity contribution in [2.24, 2.45) is 10.3 Å². The molecule has 0 radical (unpaired) electrons. The normalized spacial score (nSPS) is 24.3. The summed E-state index contributed by atoms with van der Waals surface area (Å²) in [6.45, 7) is 0. The molecule has 3 aliphatic rings. The van der Waals surface area contributed by atoms with E-state index in [1.807, 2.05) is 30.3 Å². The quantitative estimate of drug-likeness (QED) is 0.762. The smallest absolute Gasteiger partial charge is 0.305 e. The van der Waals surface area contributed by atoms with Crippen LogP contribution in [-0.2, 0) is 46.8 Å². The van der Waals surface area contributed by atoms with Gasteiger partial charge in [-0.1, -0.05) is 36.4 Å². The molecule has 3 amide bonds. The maximum absolute atomic E-state index is 13.1. The van der Waals surface area contributed by atoms with Crippen molar-refractivity contribution in [2.45, 2.75) is 51.4 Å². The lowest BCUT2D eigenvalue weighted by Gasteiger charge is -2.24. The molecule has 162 valence electrons. The van der Waals surface area contributed by atoms with E-state index in [1.165, 1.54) is 22.3 Å². The molecule has 1 aliphatic heterocycles. The number of carbonyl (C=O) groups excluding carboxylic acids is 2. The molecule has 0 bridgehead atoms. The second-order valence-electron chi connectivity index (χ2n) is 8.74. The van der Waals surface area contributed by atoms with Crippen LogP contribution in [0.1, 0.15) is 47.1 Å². The van der Waals surface area contributed by atoms with E-state index in [-0.39, 0.29) is 17.6 Å². The molecule has 2 N–H and O–H groups in total. The van der Waals surface area contributed by atoms with E-state index in [0.717, 1.165) is 49.8 Å². The molecule has 2 atom stereocenters. The molecule has 0 saturated carbocycles. The number of aryl methyl sites for hydroxylation is 2. The number of benzene rings is 2. The Balaban J connectivity index is 1.32. The molecular formula is C24H27N3O3S. The highest BCUT2D eigenvalue weighted by atomic mass is 32.2. The van der Waals surface area contributed by atoms with Gasteiger partial charge in [0.15, 0.2) is 0 Å². The molecule has 31 heavy (non-hydrogen) atoms. The number of fused-ring (bicyclic) bond motifs is 2. The predicted molar refractivity (Wildman–Crippen MR) is 121 cm³/mol. The van der Waals surface area contributed by atoms with Crippen molar-refractivity contribution < 1.29 is 13.8 Å². The zero-order valence-electron chi connectivity index (χ0n) is 17.5. The Morgan fingerprint density at radius 1 is 1.06 bits per heavy atom. The molecule has 0 spiro atoms. The lowest BCUT2D eigenvalue weighted by atomic mass is 9.96. The molecular weight excluding hydrogens is 410 g/mol. The monoisotopic (exact) mass is 437 g/mol. The number of anilines is 1. The molecule has 6 nitrogen and oxygen atoms in total. The minimum absolute atomic E-state index is 0.189. The van der Waals surface area contributed by atoms with Gasteiger partial charge in [0.1, 0.15) is 9.92 Å². The van der Waals surface area contributed by atoms with Crippen molar-refractivity contribution in [3.63, 3.8) is 0 Å². The molecule has 2 aromatic rings. The molecule has 2 aliphatic carbocycles. The minimum atomic E-state index is -3.10. The van der Waals surface area contributed by atoms with Crippen molar-refractivity contribution in [1.29, 1.82) is 0 Å². The summed E-state index contributed by atoms with van der Waals surface area (Å²) in [5.41, 5.74) is 6.98. The van der Waals surface area contributed by atoms with Crippen LogP contribution in [0, 0.1) is 5.92 Å². The standard InChI is InChI=1S/C24H27N3O3S/c28-23-19(14-16-6-2-1-3-7-16)12-13-31(30,26-23)27-24(29)25-22-20-10-4-8-17(20)15-18-9-5-11-21(18)22/h1-3,6-7,15,19H,4-5,8-14H2,(H2,25,26,27,28,29,30). The number of amides is 3. The average molecular weight is 438 g/mol. The molecule has 2 unspecified atom stereocenters. The van der Waals surface area contributed by atoms with Crippen molar-refractivity contribution in [2.75, 3.05) is 11.1 Å². The highest BCUT2D eigenvalue weighted by molar-refractivity contribution is 7.92. The maximum Gasteiger partial charge on any atom is 0.354 e. The summed E-state index contributed by atoms with van der Waals surface area (Å²) in [5.74, 6) is -0.358. The van der Waals surface area contributed by atoms with Crippen LogP contribution < -0.4 is 10.0 Å². The second-order valence-corrected chi connectivity index (χ2v) is 10.8. The van der Waals surface area contributed by atoms with Gasteiger partial charge in [-0.05, 0) is 79.2 Å². The second kappa shape index (κ2) is 8.11. The predicted octanol–water partition coefficient (Wildman–Crippen LogP) is 3.96. The number of urea groups is 1. The Labute approximate surface area is 183 Å². The zero-order valence-corrected chi connectivity index (χ0v) is 18.3. The van der Waals surface area contributed by atoms with Crippen LogP contribution in [-0.4, -0.2) is 21.9 Å². The summed E-state index contributed by atoms with van der Waals surface area (Å²) in [4.78, 5) is 25.3. The minimum Gasteiger partial charge on any atom is -0.305 e. The van der Waals surface area contributed by atoms with Gasteiger partial charge in [-0.15, -0.1) is 4.36 Å². The fourth-order valence-corrected chi connectivity index (χ4v) is 6.75. The number of hydrogen-bond donors (Lipinski definition) is 2. The van der Waals surface area contributed by atoms with E-state index < -0.39 is 15.9 Å². The summed E-state index contributed by atoms with van der Waals surface area (Å²) < 4.78 is 19.6. The van der Waals surface area contributed by atoms with Gasteiger partial charge in [-0.3, -0.25) is 9.52 Å². The van der Waals surface area contributed by atoms with Crippen LogP contribution in [0.25, 0.3) is 0 Å².